The molecule has 0 aromatic carbocycles. The first kappa shape index (κ1) is 21.1. The van der Waals surface area contributed by atoms with E-state index >= 15 is 0 Å². The lowest BCUT2D eigenvalue weighted by molar-refractivity contribution is 0.393. The molecule has 118 valence electrons. The fourth-order valence-corrected chi connectivity index (χ4v) is 1.43. The van der Waals surface area contributed by atoms with Gasteiger partial charge < -0.3 is 22.9 Å². The summed E-state index contributed by atoms with van der Waals surface area (Å²) < 4.78 is 0. The second-order valence-corrected chi connectivity index (χ2v) is 5.98. The summed E-state index contributed by atoms with van der Waals surface area (Å²) in [6.45, 7) is 7.15. The van der Waals surface area contributed by atoms with E-state index in [-0.39, 0.29) is 5.41 Å². The van der Waals surface area contributed by atoms with Gasteiger partial charge in [-0.05, 0) is 44.4 Å². The molecule has 0 atom stereocenters. The van der Waals surface area contributed by atoms with Gasteiger partial charge in [-0.3, -0.25) is 0 Å². The Bertz CT molecular complexity index is 144. The van der Waals surface area contributed by atoms with Gasteiger partial charge in [-0.1, -0.05) is 52.4 Å². The number of hydrogen-bond acceptors (Lipinski definition) is 4. The van der Waals surface area contributed by atoms with Gasteiger partial charge in [0.2, 0.25) is 0 Å². The highest BCUT2D eigenvalue weighted by molar-refractivity contribution is 4.68. The van der Waals surface area contributed by atoms with Crippen LogP contribution in [0.15, 0.2) is 0 Å². The Labute approximate surface area is 120 Å². The molecule has 0 fully saturated rings. The van der Waals surface area contributed by atoms with Crippen molar-refractivity contribution in [3.8, 4) is 0 Å². The van der Waals surface area contributed by atoms with Gasteiger partial charge in [0.15, 0.2) is 0 Å². The Hall–Kier alpha value is -0.160. The summed E-state index contributed by atoms with van der Waals surface area (Å²) in [5.74, 6) is 0. The van der Waals surface area contributed by atoms with Crippen LogP contribution in [0.5, 0.6) is 0 Å². The SMILES string of the molecule is CC(C)(CN)CN.NCCCCCCCCCCN. The predicted molar refractivity (Wildman–Crippen MR) is 86.9 cm³/mol. The zero-order valence-corrected chi connectivity index (χ0v) is 13.3. The summed E-state index contributed by atoms with van der Waals surface area (Å²) in [6, 6.07) is 0. The molecule has 0 spiro atoms. The summed E-state index contributed by atoms with van der Waals surface area (Å²) in [4.78, 5) is 0. The Morgan fingerprint density at radius 3 is 0.947 bits per heavy atom. The van der Waals surface area contributed by atoms with Crippen LogP contribution in [0, 0.1) is 5.41 Å². The molecule has 4 nitrogen and oxygen atoms in total. The highest BCUT2D eigenvalue weighted by Crippen LogP contribution is 2.08. The maximum Gasteiger partial charge on any atom is -0.00138 e. The van der Waals surface area contributed by atoms with Gasteiger partial charge in [0, 0.05) is 0 Å². The van der Waals surface area contributed by atoms with Crippen molar-refractivity contribution < 1.29 is 0 Å². The van der Waals surface area contributed by atoms with Crippen molar-refractivity contribution in [1.29, 1.82) is 0 Å². The van der Waals surface area contributed by atoms with Crippen molar-refractivity contribution in [3.63, 3.8) is 0 Å². The van der Waals surface area contributed by atoms with E-state index in [1.165, 1.54) is 51.4 Å². The lowest BCUT2D eigenvalue weighted by Gasteiger charge is -2.18. The number of nitrogens with two attached hydrogens (primary N) is 4. The van der Waals surface area contributed by atoms with Crippen LogP contribution in [0.4, 0.5) is 0 Å². The molecule has 0 heterocycles. The summed E-state index contributed by atoms with van der Waals surface area (Å²) in [5, 5.41) is 0. The molecule has 19 heavy (non-hydrogen) atoms. The van der Waals surface area contributed by atoms with Crippen molar-refractivity contribution in [3.05, 3.63) is 0 Å². The minimum atomic E-state index is 0.139. The zero-order valence-electron chi connectivity index (χ0n) is 13.3. The van der Waals surface area contributed by atoms with Crippen LogP contribution in [-0.4, -0.2) is 26.2 Å². The smallest absolute Gasteiger partial charge is 0.00138 e. The number of rotatable bonds is 11. The lowest BCUT2D eigenvalue weighted by atomic mass is 9.95. The highest BCUT2D eigenvalue weighted by Gasteiger charge is 2.10. The van der Waals surface area contributed by atoms with E-state index < -0.39 is 0 Å². The second-order valence-electron chi connectivity index (χ2n) is 5.98. The molecule has 0 unspecified atom stereocenters. The molecule has 0 aliphatic rings. The minimum absolute atomic E-state index is 0.139. The van der Waals surface area contributed by atoms with E-state index in [4.69, 9.17) is 22.9 Å². The number of hydrogen-bond donors (Lipinski definition) is 4. The van der Waals surface area contributed by atoms with Gasteiger partial charge in [0.25, 0.3) is 0 Å². The topological polar surface area (TPSA) is 104 Å². The maximum atomic E-state index is 5.40. The van der Waals surface area contributed by atoms with Gasteiger partial charge in [-0.25, -0.2) is 0 Å². The quantitative estimate of drug-likeness (QED) is 0.432. The molecule has 0 saturated heterocycles. The van der Waals surface area contributed by atoms with E-state index in [0.29, 0.717) is 13.1 Å². The molecule has 0 saturated carbocycles. The molecule has 0 bridgehead atoms. The van der Waals surface area contributed by atoms with Crippen LogP contribution < -0.4 is 22.9 Å². The van der Waals surface area contributed by atoms with Crippen LogP contribution in [0.3, 0.4) is 0 Å². The molecular weight excluding hydrogens is 236 g/mol. The Kier molecular flexibility index (Phi) is 17.7. The fourth-order valence-electron chi connectivity index (χ4n) is 1.43. The van der Waals surface area contributed by atoms with Gasteiger partial charge in [-0.15, -0.1) is 0 Å². The van der Waals surface area contributed by atoms with Gasteiger partial charge >= 0.3 is 0 Å². The molecule has 0 rings (SSSR count). The monoisotopic (exact) mass is 274 g/mol. The molecule has 0 aliphatic heterocycles. The Morgan fingerprint density at radius 2 is 0.789 bits per heavy atom. The largest absolute Gasteiger partial charge is 0.330 e. The van der Waals surface area contributed by atoms with Crippen molar-refractivity contribution in [2.24, 2.45) is 28.3 Å². The molecule has 0 radical (unpaired) electrons. The maximum absolute atomic E-state index is 5.40. The Morgan fingerprint density at radius 1 is 0.526 bits per heavy atom. The van der Waals surface area contributed by atoms with Crippen LogP contribution in [0.25, 0.3) is 0 Å². The van der Waals surface area contributed by atoms with E-state index in [2.05, 4.69) is 0 Å². The van der Waals surface area contributed by atoms with Crippen molar-refractivity contribution >= 4 is 0 Å². The highest BCUT2D eigenvalue weighted by atomic mass is 14.6. The minimum Gasteiger partial charge on any atom is -0.330 e. The summed E-state index contributed by atoms with van der Waals surface area (Å²) >= 11 is 0. The van der Waals surface area contributed by atoms with E-state index in [9.17, 15) is 0 Å². The molecule has 0 aromatic rings. The van der Waals surface area contributed by atoms with E-state index in [1.54, 1.807) is 0 Å². The predicted octanol–water partition coefficient (Wildman–Crippen LogP) is 1.95. The first-order valence-electron chi connectivity index (χ1n) is 7.84. The first-order valence-corrected chi connectivity index (χ1v) is 7.84. The third kappa shape index (κ3) is 20.3. The van der Waals surface area contributed by atoms with Crippen LogP contribution in [0.2, 0.25) is 0 Å². The fraction of sp³-hybridized carbons (Fsp3) is 1.00. The van der Waals surface area contributed by atoms with Gasteiger partial charge in [0.05, 0.1) is 0 Å². The zero-order chi connectivity index (χ0) is 15.0. The molecular formula is C15H38N4. The van der Waals surface area contributed by atoms with Crippen LogP contribution in [-0.2, 0) is 0 Å². The van der Waals surface area contributed by atoms with E-state index in [0.717, 1.165) is 13.1 Å². The third-order valence-corrected chi connectivity index (χ3v) is 3.26. The molecule has 0 aromatic heterocycles. The molecule has 0 aliphatic carbocycles. The number of unbranched alkanes of at least 4 members (excludes halogenated alkanes) is 7. The Balaban J connectivity index is 0. The van der Waals surface area contributed by atoms with Crippen LogP contribution >= 0.6 is 0 Å². The standard InChI is InChI=1S/C10H24N2.C5H14N2/c11-9-7-5-3-1-2-4-6-8-10-12;1-5(2,3-6)4-7/h1-12H2;3-4,6-7H2,1-2H3. The average molecular weight is 274 g/mol. The van der Waals surface area contributed by atoms with E-state index in [1.807, 2.05) is 13.8 Å². The average Bonchev–Trinajstić information content (AvgIpc) is 2.42. The molecule has 4 heteroatoms. The summed E-state index contributed by atoms with van der Waals surface area (Å²) in [5.41, 5.74) is 21.6. The van der Waals surface area contributed by atoms with Crippen molar-refractivity contribution in [2.75, 3.05) is 26.2 Å². The van der Waals surface area contributed by atoms with Gasteiger partial charge in [0.1, 0.15) is 0 Å². The molecule has 8 N–H and O–H groups in total. The van der Waals surface area contributed by atoms with Gasteiger partial charge in [-0.2, -0.15) is 0 Å². The van der Waals surface area contributed by atoms with Crippen molar-refractivity contribution in [2.45, 2.75) is 65.2 Å². The van der Waals surface area contributed by atoms with Crippen molar-refractivity contribution in [1.82, 2.24) is 0 Å². The molecule has 0 amide bonds. The second kappa shape index (κ2) is 15.9. The summed E-state index contributed by atoms with van der Waals surface area (Å²) in [7, 11) is 0. The lowest BCUT2D eigenvalue weighted by Crippen LogP contribution is -2.31. The first-order chi connectivity index (χ1) is 9.04. The third-order valence-electron chi connectivity index (χ3n) is 3.26. The van der Waals surface area contributed by atoms with Crippen LogP contribution in [0.1, 0.15) is 65.2 Å². The normalized spacial score (nSPS) is 11.1. The summed E-state index contributed by atoms with van der Waals surface area (Å²) in [6.07, 6.45) is 10.5.